The molecule has 2 aromatic heterocycles. The number of para-hydroxylation sites is 2. The van der Waals surface area contributed by atoms with E-state index in [1.165, 1.54) is 16.3 Å². The fraction of sp³-hybridized carbons (Fsp3) is 0.348. The highest BCUT2D eigenvalue weighted by Crippen LogP contribution is 2.29. The minimum Gasteiger partial charge on any atom is -0.353 e. The Morgan fingerprint density at radius 3 is 2.57 bits per heavy atom. The van der Waals surface area contributed by atoms with Gasteiger partial charge in [-0.2, -0.15) is 4.37 Å². The zero-order valence-corrected chi connectivity index (χ0v) is 17.7. The van der Waals surface area contributed by atoms with Gasteiger partial charge in [0.25, 0.3) is 5.56 Å². The van der Waals surface area contributed by atoms with Gasteiger partial charge in [0.2, 0.25) is 0 Å². The minimum atomic E-state index is -0.0159. The third-order valence-corrected chi connectivity index (χ3v) is 6.71. The van der Waals surface area contributed by atoms with Gasteiger partial charge >= 0.3 is 0 Å². The van der Waals surface area contributed by atoms with Crippen molar-refractivity contribution >= 4 is 38.5 Å². The smallest absolute Gasteiger partial charge is 0.269 e. The Morgan fingerprint density at radius 1 is 0.900 bits per heavy atom. The fourth-order valence-corrected chi connectivity index (χ4v) is 5.03. The van der Waals surface area contributed by atoms with Crippen molar-refractivity contribution in [1.82, 2.24) is 18.8 Å². The van der Waals surface area contributed by atoms with E-state index in [0.29, 0.717) is 0 Å². The molecule has 4 aromatic rings. The molecule has 0 spiro atoms. The lowest BCUT2D eigenvalue weighted by Gasteiger charge is -2.35. The van der Waals surface area contributed by atoms with Crippen molar-refractivity contribution in [3.8, 4) is 0 Å². The largest absolute Gasteiger partial charge is 0.353 e. The second kappa shape index (κ2) is 8.53. The van der Waals surface area contributed by atoms with Crippen molar-refractivity contribution in [2.75, 3.05) is 37.6 Å². The molecule has 6 nitrogen and oxygen atoms in total. The van der Waals surface area contributed by atoms with E-state index < -0.39 is 0 Å². The second-order valence-corrected chi connectivity index (χ2v) is 8.58. The van der Waals surface area contributed by atoms with Crippen molar-refractivity contribution in [3.05, 3.63) is 65.1 Å². The zero-order chi connectivity index (χ0) is 20.3. The van der Waals surface area contributed by atoms with Gasteiger partial charge in [-0.25, -0.2) is 4.98 Å². The van der Waals surface area contributed by atoms with Gasteiger partial charge in [-0.15, -0.1) is 0 Å². The third-order valence-electron chi connectivity index (χ3n) is 5.89. The highest BCUT2D eigenvalue weighted by molar-refractivity contribution is 7.13. The van der Waals surface area contributed by atoms with E-state index in [9.17, 15) is 4.79 Å². The van der Waals surface area contributed by atoms with Crippen molar-refractivity contribution in [3.63, 3.8) is 0 Å². The molecule has 1 saturated heterocycles. The predicted molar refractivity (Wildman–Crippen MR) is 124 cm³/mol. The van der Waals surface area contributed by atoms with E-state index in [4.69, 9.17) is 4.37 Å². The Morgan fingerprint density at radius 2 is 1.67 bits per heavy atom. The molecule has 0 N–H and O–H groups in total. The molecule has 0 saturated carbocycles. The normalized spacial score (nSPS) is 15.3. The summed E-state index contributed by atoms with van der Waals surface area (Å²) in [7, 11) is 0. The molecule has 0 atom stereocenters. The minimum absolute atomic E-state index is 0.0159. The summed E-state index contributed by atoms with van der Waals surface area (Å²) < 4.78 is 7.81. The van der Waals surface area contributed by atoms with Gasteiger partial charge in [0.05, 0.1) is 21.9 Å². The van der Waals surface area contributed by atoms with Crippen molar-refractivity contribution in [2.24, 2.45) is 0 Å². The van der Waals surface area contributed by atoms with Crippen LogP contribution in [0.15, 0.2) is 59.5 Å². The summed E-state index contributed by atoms with van der Waals surface area (Å²) in [5.41, 5.74) is 1.79. The van der Waals surface area contributed by atoms with Crippen LogP contribution in [0.5, 0.6) is 0 Å². The molecule has 1 aliphatic heterocycles. The number of anilines is 1. The molecule has 154 valence electrons. The lowest BCUT2D eigenvalue weighted by atomic mass is 10.2. The molecule has 0 bridgehead atoms. The Bertz CT molecular complexity index is 1210. The summed E-state index contributed by atoms with van der Waals surface area (Å²) in [6, 6.07) is 16.3. The number of nitrogens with zero attached hydrogens (tertiary/aromatic N) is 5. The van der Waals surface area contributed by atoms with Crippen LogP contribution in [0.1, 0.15) is 12.8 Å². The lowest BCUT2D eigenvalue weighted by molar-refractivity contribution is 0.251. The summed E-state index contributed by atoms with van der Waals surface area (Å²) in [5.74, 6) is 1.14. The maximum absolute atomic E-state index is 12.3. The van der Waals surface area contributed by atoms with Gasteiger partial charge in [0.15, 0.2) is 0 Å². The highest BCUT2D eigenvalue weighted by Gasteiger charge is 2.20. The van der Waals surface area contributed by atoms with Crippen LogP contribution in [0.2, 0.25) is 0 Å². The predicted octanol–water partition coefficient (Wildman–Crippen LogP) is 3.61. The first-order valence-electron chi connectivity index (χ1n) is 10.6. The van der Waals surface area contributed by atoms with Gasteiger partial charge in [0.1, 0.15) is 5.82 Å². The molecule has 2 aromatic carbocycles. The van der Waals surface area contributed by atoms with Crippen LogP contribution in [-0.2, 0) is 6.54 Å². The van der Waals surface area contributed by atoms with Gasteiger partial charge < -0.3 is 9.47 Å². The van der Waals surface area contributed by atoms with Crippen LogP contribution in [0, 0.1) is 0 Å². The average molecular weight is 420 g/mol. The SMILES string of the molecule is O=c1cnc2ccccc2n1CCCCN1CCN(c2nsc3ccccc23)CC1. The van der Waals surface area contributed by atoms with E-state index in [0.717, 1.165) is 69.0 Å². The van der Waals surface area contributed by atoms with Crippen molar-refractivity contribution < 1.29 is 0 Å². The monoisotopic (exact) mass is 419 g/mol. The lowest BCUT2D eigenvalue weighted by Crippen LogP contribution is -2.46. The summed E-state index contributed by atoms with van der Waals surface area (Å²) in [6.07, 6.45) is 3.51. The van der Waals surface area contributed by atoms with Crippen LogP contribution in [0.4, 0.5) is 5.82 Å². The van der Waals surface area contributed by atoms with Crippen molar-refractivity contribution in [2.45, 2.75) is 19.4 Å². The summed E-state index contributed by atoms with van der Waals surface area (Å²) in [4.78, 5) is 21.4. The molecular weight excluding hydrogens is 394 g/mol. The maximum atomic E-state index is 12.3. The maximum Gasteiger partial charge on any atom is 0.269 e. The first kappa shape index (κ1) is 19.2. The Hall–Kier alpha value is -2.77. The molecule has 0 aliphatic carbocycles. The summed E-state index contributed by atoms with van der Waals surface area (Å²) >= 11 is 1.59. The van der Waals surface area contributed by atoms with Crippen LogP contribution in [-0.4, -0.2) is 51.5 Å². The van der Waals surface area contributed by atoms with Crippen LogP contribution in [0.25, 0.3) is 21.1 Å². The molecular formula is C23H25N5OS. The van der Waals surface area contributed by atoms with Gasteiger partial charge in [-0.3, -0.25) is 9.69 Å². The molecule has 1 aliphatic rings. The van der Waals surface area contributed by atoms with Gasteiger partial charge in [0, 0.05) is 38.1 Å². The Labute approximate surface area is 179 Å². The first-order valence-corrected chi connectivity index (χ1v) is 11.3. The van der Waals surface area contributed by atoms with Crippen LogP contribution < -0.4 is 10.5 Å². The van der Waals surface area contributed by atoms with Gasteiger partial charge in [-0.1, -0.05) is 24.3 Å². The summed E-state index contributed by atoms with van der Waals surface area (Å²) in [5, 5.41) is 1.27. The van der Waals surface area contributed by atoms with E-state index >= 15 is 0 Å². The molecule has 3 heterocycles. The first-order chi connectivity index (χ1) is 14.8. The molecule has 5 rings (SSSR count). The quantitative estimate of drug-likeness (QED) is 0.447. The topological polar surface area (TPSA) is 54.3 Å². The molecule has 1 fully saturated rings. The number of hydrogen-bond donors (Lipinski definition) is 0. The number of piperazine rings is 1. The van der Waals surface area contributed by atoms with Gasteiger partial charge in [-0.05, 0) is 55.2 Å². The fourth-order valence-electron chi connectivity index (χ4n) is 4.23. The molecule has 30 heavy (non-hydrogen) atoms. The van der Waals surface area contributed by atoms with Crippen molar-refractivity contribution in [1.29, 1.82) is 0 Å². The number of unbranched alkanes of at least 4 members (excludes halogenated alkanes) is 1. The molecule has 0 amide bonds. The van der Waals surface area contributed by atoms with Crippen LogP contribution >= 0.6 is 11.5 Å². The summed E-state index contributed by atoms with van der Waals surface area (Å²) in [6.45, 7) is 5.97. The van der Waals surface area contributed by atoms with E-state index in [-0.39, 0.29) is 5.56 Å². The number of hydrogen-bond acceptors (Lipinski definition) is 6. The standard InChI is InChI=1S/C23H25N5OS/c29-22-17-24-19-8-2-3-9-20(19)28(22)12-6-5-11-26-13-15-27(16-14-26)23-18-7-1-4-10-21(18)30-25-23/h1-4,7-10,17H,5-6,11-16H2. The number of aromatic nitrogens is 3. The number of fused-ring (bicyclic) bond motifs is 2. The molecule has 0 radical (unpaired) electrons. The average Bonchev–Trinajstić information content (AvgIpc) is 3.22. The number of aryl methyl sites for hydroxylation is 1. The van der Waals surface area contributed by atoms with E-state index in [2.05, 4.69) is 39.0 Å². The number of rotatable bonds is 6. The molecule has 0 unspecified atom stereocenters. The Kier molecular flexibility index (Phi) is 5.46. The van der Waals surface area contributed by atoms with E-state index in [1.54, 1.807) is 11.5 Å². The Balaban J connectivity index is 1.13. The zero-order valence-electron chi connectivity index (χ0n) is 16.9. The third kappa shape index (κ3) is 3.82. The highest BCUT2D eigenvalue weighted by atomic mass is 32.1. The van der Waals surface area contributed by atoms with Crippen LogP contribution in [0.3, 0.4) is 0 Å². The van der Waals surface area contributed by atoms with E-state index in [1.807, 2.05) is 28.8 Å². The number of benzene rings is 2. The second-order valence-electron chi connectivity index (χ2n) is 7.77. The molecule has 7 heteroatoms.